The van der Waals surface area contributed by atoms with Gasteiger partial charge in [0.1, 0.15) is 6.54 Å². The third-order valence-corrected chi connectivity index (χ3v) is 3.52. The van der Waals surface area contributed by atoms with Crippen molar-refractivity contribution >= 4 is 17.8 Å². The molecule has 1 heterocycles. The Hall–Kier alpha value is -1.83. The fraction of sp³-hybridized carbons (Fsp3) is 0.786. The minimum atomic E-state index is -0.288. The minimum Gasteiger partial charge on any atom is -0.393 e. The first-order valence-corrected chi connectivity index (χ1v) is 7.43. The van der Waals surface area contributed by atoms with Crippen LogP contribution in [0.3, 0.4) is 0 Å². The SMILES string of the molecule is CN(C)C(=O)CN=C(NCC(=O)N(C)C)N1CCC(O)CC1. The van der Waals surface area contributed by atoms with Gasteiger partial charge in [-0.25, -0.2) is 4.99 Å². The summed E-state index contributed by atoms with van der Waals surface area (Å²) in [5.74, 6) is 0.372. The van der Waals surface area contributed by atoms with E-state index in [1.807, 2.05) is 4.90 Å². The molecule has 1 aliphatic rings. The van der Waals surface area contributed by atoms with Gasteiger partial charge in [-0.2, -0.15) is 0 Å². The van der Waals surface area contributed by atoms with Crippen molar-refractivity contribution in [3.8, 4) is 0 Å². The number of hydrogen-bond acceptors (Lipinski definition) is 4. The predicted octanol–water partition coefficient (Wildman–Crippen LogP) is -1.43. The number of amides is 2. The largest absolute Gasteiger partial charge is 0.393 e. The zero-order chi connectivity index (χ0) is 16.7. The number of likely N-dealkylation sites (tertiary alicyclic amines) is 1. The van der Waals surface area contributed by atoms with Crippen molar-refractivity contribution in [1.82, 2.24) is 20.0 Å². The summed E-state index contributed by atoms with van der Waals surface area (Å²) in [6.07, 6.45) is 1.03. The number of rotatable bonds is 4. The topological polar surface area (TPSA) is 88.5 Å². The first-order chi connectivity index (χ1) is 10.3. The molecule has 2 amide bonds. The van der Waals surface area contributed by atoms with E-state index in [2.05, 4.69) is 10.3 Å². The predicted molar refractivity (Wildman–Crippen MR) is 84.5 cm³/mol. The maximum Gasteiger partial charge on any atom is 0.243 e. The lowest BCUT2D eigenvalue weighted by atomic mass is 10.1. The molecular weight excluding hydrogens is 286 g/mol. The molecule has 0 bridgehead atoms. The molecule has 1 fully saturated rings. The number of nitrogens with zero attached hydrogens (tertiary/aromatic N) is 4. The molecule has 22 heavy (non-hydrogen) atoms. The van der Waals surface area contributed by atoms with E-state index in [1.165, 1.54) is 9.80 Å². The van der Waals surface area contributed by atoms with Crippen molar-refractivity contribution in [3.63, 3.8) is 0 Å². The van der Waals surface area contributed by atoms with Crippen molar-refractivity contribution in [2.75, 3.05) is 54.4 Å². The summed E-state index contributed by atoms with van der Waals surface area (Å²) in [5.41, 5.74) is 0. The average molecular weight is 313 g/mol. The minimum absolute atomic E-state index is 0.0323. The Kier molecular flexibility index (Phi) is 7.10. The van der Waals surface area contributed by atoms with Crippen LogP contribution < -0.4 is 5.32 Å². The number of likely N-dealkylation sites (N-methyl/N-ethyl adjacent to an activating group) is 2. The van der Waals surface area contributed by atoms with Gasteiger partial charge in [-0.1, -0.05) is 0 Å². The third-order valence-electron chi connectivity index (χ3n) is 3.52. The first kappa shape index (κ1) is 18.2. The molecule has 0 radical (unpaired) electrons. The quantitative estimate of drug-likeness (QED) is 0.490. The van der Waals surface area contributed by atoms with Gasteiger partial charge in [-0.15, -0.1) is 0 Å². The van der Waals surface area contributed by atoms with Crippen LogP contribution in [0.15, 0.2) is 4.99 Å². The molecule has 0 unspecified atom stereocenters. The van der Waals surface area contributed by atoms with Crippen LogP contribution in [-0.2, 0) is 9.59 Å². The van der Waals surface area contributed by atoms with Crippen LogP contribution in [0.4, 0.5) is 0 Å². The van der Waals surface area contributed by atoms with Gasteiger partial charge in [0.2, 0.25) is 11.8 Å². The lowest BCUT2D eigenvalue weighted by molar-refractivity contribution is -0.127. The van der Waals surface area contributed by atoms with Crippen LogP contribution in [0.5, 0.6) is 0 Å². The third kappa shape index (κ3) is 5.88. The maximum atomic E-state index is 11.7. The molecule has 0 spiro atoms. The van der Waals surface area contributed by atoms with Crippen molar-refractivity contribution in [2.45, 2.75) is 18.9 Å². The zero-order valence-corrected chi connectivity index (χ0v) is 13.9. The van der Waals surface area contributed by atoms with E-state index in [0.29, 0.717) is 31.9 Å². The van der Waals surface area contributed by atoms with Crippen molar-refractivity contribution in [2.24, 2.45) is 4.99 Å². The van der Waals surface area contributed by atoms with Crippen LogP contribution in [0.2, 0.25) is 0 Å². The molecule has 2 N–H and O–H groups in total. The molecule has 1 rings (SSSR count). The molecule has 8 heteroatoms. The standard InChI is InChI=1S/C14H27N5O3/c1-17(2)12(21)9-15-14(16-10-13(22)18(3)4)19-7-5-11(20)6-8-19/h11,20H,5-10H2,1-4H3,(H,15,16). The Morgan fingerprint density at radius 3 is 2.18 bits per heavy atom. The summed E-state index contributed by atoms with van der Waals surface area (Å²) in [6, 6.07) is 0. The number of nitrogens with one attached hydrogen (secondary N) is 1. The second kappa shape index (κ2) is 8.57. The highest BCUT2D eigenvalue weighted by atomic mass is 16.3. The van der Waals surface area contributed by atoms with Crippen LogP contribution in [0.25, 0.3) is 0 Å². The van der Waals surface area contributed by atoms with E-state index in [4.69, 9.17) is 0 Å². The number of aliphatic imine (C=N–C) groups is 1. The molecule has 0 aliphatic carbocycles. The lowest BCUT2D eigenvalue weighted by Crippen LogP contribution is -2.49. The van der Waals surface area contributed by atoms with Crippen molar-refractivity contribution in [3.05, 3.63) is 0 Å². The van der Waals surface area contributed by atoms with E-state index in [-0.39, 0.29) is 31.0 Å². The fourth-order valence-corrected chi connectivity index (χ4v) is 1.94. The van der Waals surface area contributed by atoms with Gasteiger partial charge >= 0.3 is 0 Å². The van der Waals surface area contributed by atoms with E-state index >= 15 is 0 Å². The molecule has 0 aromatic rings. The fourth-order valence-electron chi connectivity index (χ4n) is 1.94. The molecule has 0 saturated carbocycles. The highest BCUT2D eigenvalue weighted by Gasteiger charge is 2.21. The van der Waals surface area contributed by atoms with Gasteiger partial charge in [-0.3, -0.25) is 9.59 Å². The molecular formula is C14H27N5O3. The van der Waals surface area contributed by atoms with Gasteiger partial charge in [0, 0.05) is 41.3 Å². The zero-order valence-electron chi connectivity index (χ0n) is 13.9. The monoisotopic (exact) mass is 313 g/mol. The molecule has 1 aliphatic heterocycles. The van der Waals surface area contributed by atoms with Gasteiger partial charge in [-0.05, 0) is 12.8 Å². The smallest absolute Gasteiger partial charge is 0.243 e. The Bertz CT molecular complexity index is 415. The number of hydrogen-bond donors (Lipinski definition) is 2. The normalized spacial score (nSPS) is 16.4. The number of aliphatic hydroxyl groups excluding tert-OH is 1. The molecule has 0 aromatic heterocycles. The number of carbonyl (C=O) groups excluding carboxylic acids is 2. The van der Waals surface area contributed by atoms with Gasteiger partial charge in [0.15, 0.2) is 5.96 Å². The first-order valence-electron chi connectivity index (χ1n) is 7.43. The molecule has 0 aromatic carbocycles. The Morgan fingerprint density at radius 1 is 1.14 bits per heavy atom. The number of carbonyl (C=O) groups is 2. The molecule has 1 saturated heterocycles. The van der Waals surface area contributed by atoms with Crippen LogP contribution >= 0.6 is 0 Å². The average Bonchev–Trinajstić information content (AvgIpc) is 2.47. The Balaban J connectivity index is 2.69. The van der Waals surface area contributed by atoms with Crippen LogP contribution in [-0.4, -0.2) is 98.1 Å². The summed E-state index contributed by atoms with van der Waals surface area (Å²) in [7, 11) is 6.73. The maximum absolute atomic E-state index is 11.7. The Morgan fingerprint density at radius 2 is 1.68 bits per heavy atom. The number of aliphatic hydroxyl groups is 1. The summed E-state index contributed by atoms with van der Waals surface area (Å²) in [4.78, 5) is 32.6. The van der Waals surface area contributed by atoms with Crippen molar-refractivity contribution < 1.29 is 14.7 Å². The second-order valence-corrected chi connectivity index (χ2v) is 5.79. The number of piperidine rings is 1. The van der Waals surface area contributed by atoms with E-state index in [0.717, 1.165) is 0 Å². The van der Waals surface area contributed by atoms with Gasteiger partial charge < -0.3 is 25.1 Å². The Labute approximate surface area is 131 Å². The highest BCUT2D eigenvalue weighted by Crippen LogP contribution is 2.10. The van der Waals surface area contributed by atoms with Crippen LogP contribution in [0.1, 0.15) is 12.8 Å². The summed E-state index contributed by atoms with van der Waals surface area (Å²) in [6.45, 7) is 1.46. The molecule has 8 nitrogen and oxygen atoms in total. The highest BCUT2D eigenvalue weighted by molar-refractivity contribution is 5.88. The summed E-state index contributed by atoms with van der Waals surface area (Å²) in [5, 5.41) is 12.6. The summed E-state index contributed by atoms with van der Waals surface area (Å²) >= 11 is 0. The number of guanidine groups is 1. The summed E-state index contributed by atoms with van der Waals surface area (Å²) < 4.78 is 0. The van der Waals surface area contributed by atoms with Crippen LogP contribution in [0, 0.1) is 0 Å². The molecule has 0 atom stereocenters. The van der Waals surface area contributed by atoms with E-state index in [1.54, 1.807) is 28.2 Å². The van der Waals surface area contributed by atoms with E-state index in [9.17, 15) is 14.7 Å². The van der Waals surface area contributed by atoms with E-state index < -0.39 is 0 Å². The van der Waals surface area contributed by atoms with Gasteiger partial charge in [0.05, 0.1) is 12.6 Å². The second-order valence-electron chi connectivity index (χ2n) is 5.79. The lowest BCUT2D eigenvalue weighted by Gasteiger charge is -2.32. The molecule has 126 valence electrons. The van der Waals surface area contributed by atoms with Crippen molar-refractivity contribution in [1.29, 1.82) is 0 Å². The van der Waals surface area contributed by atoms with Gasteiger partial charge in [0.25, 0.3) is 0 Å².